The van der Waals surface area contributed by atoms with Gasteiger partial charge in [-0.2, -0.15) is 4.98 Å². The molecule has 2 aromatic rings. The topological polar surface area (TPSA) is 94.5 Å². The number of ether oxygens (including phenoxy) is 1. The third-order valence-electron chi connectivity index (χ3n) is 3.13. The maximum absolute atomic E-state index is 11.6. The number of carbonyl (C=O) groups is 1. The lowest BCUT2D eigenvalue weighted by Gasteiger charge is -2.26. The Bertz CT molecular complexity index is 653. The Morgan fingerprint density at radius 2 is 2.30 bits per heavy atom. The minimum Gasteiger partial charge on any atom is -0.482 e. The van der Waals surface area contributed by atoms with Gasteiger partial charge in [0, 0.05) is 25.6 Å². The predicted octanol–water partition coefficient (Wildman–Crippen LogP) is 0.593. The zero-order valence-electron chi connectivity index (χ0n) is 11.0. The zero-order chi connectivity index (χ0) is 14.1. The number of hydrogen-bond donors (Lipinski definition) is 1. The minimum atomic E-state index is -0.0911. The Hall–Kier alpha value is -2.41. The highest BCUT2D eigenvalue weighted by atomic mass is 16.5. The molecule has 1 aliphatic heterocycles. The lowest BCUT2D eigenvalue weighted by molar-refractivity contribution is -0.120. The van der Waals surface area contributed by atoms with E-state index in [1.807, 2.05) is 12.1 Å². The number of aromatic nitrogens is 2. The van der Waals surface area contributed by atoms with Gasteiger partial charge in [0.15, 0.2) is 6.61 Å². The van der Waals surface area contributed by atoms with Crippen molar-refractivity contribution in [2.24, 2.45) is 5.73 Å². The van der Waals surface area contributed by atoms with Crippen LogP contribution in [0, 0.1) is 0 Å². The van der Waals surface area contributed by atoms with Crippen molar-refractivity contribution in [1.29, 1.82) is 0 Å². The van der Waals surface area contributed by atoms with E-state index in [1.54, 1.807) is 18.0 Å². The van der Waals surface area contributed by atoms with Gasteiger partial charge in [0.1, 0.15) is 5.75 Å². The summed E-state index contributed by atoms with van der Waals surface area (Å²) >= 11 is 0. The molecule has 104 valence electrons. The van der Waals surface area contributed by atoms with Crippen molar-refractivity contribution in [3.8, 4) is 17.1 Å². The standard InChI is InChI=1S/C13H14N4O3/c1-17-9-6-8(2-3-10(9)19-7-12(17)18)13-15-11(4-5-14)20-16-13/h2-3,6H,4-5,7,14H2,1H3. The van der Waals surface area contributed by atoms with Gasteiger partial charge in [0.05, 0.1) is 5.69 Å². The Morgan fingerprint density at radius 1 is 1.45 bits per heavy atom. The molecule has 2 N–H and O–H groups in total. The van der Waals surface area contributed by atoms with E-state index in [0.29, 0.717) is 36.1 Å². The number of hydrogen-bond acceptors (Lipinski definition) is 6. The van der Waals surface area contributed by atoms with Crippen molar-refractivity contribution < 1.29 is 14.1 Å². The van der Waals surface area contributed by atoms with Crippen LogP contribution in [0.1, 0.15) is 5.89 Å². The van der Waals surface area contributed by atoms with Gasteiger partial charge in [-0.3, -0.25) is 4.79 Å². The summed E-state index contributed by atoms with van der Waals surface area (Å²) < 4.78 is 10.5. The van der Waals surface area contributed by atoms with Gasteiger partial charge in [0.2, 0.25) is 11.7 Å². The van der Waals surface area contributed by atoms with E-state index < -0.39 is 0 Å². The van der Waals surface area contributed by atoms with Gasteiger partial charge in [-0.05, 0) is 18.2 Å². The van der Waals surface area contributed by atoms with E-state index >= 15 is 0 Å². The SMILES string of the molecule is CN1C(=O)COc2ccc(-c3noc(CCN)n3)cc21. The number of anilines is 1. The van der Waals surface area contributed by atoms with Crippen molar-refractivity contribution in [3.05, 3.63) is 24.1 Å². The number of fused-ring (bicyclic) bond motifs is 1. The van der Waals surface area contributed by atoms with Crippen LogP contribution >= 0.6 is 0 Å². The summed E-state index contributed by atoms with van der Waals surface area (Å²) in [4.78, 5) is 17.5. The average Bonchev–Trinajstić information content (AvgIpc) is 2.92. The highest BCUT2D eigenvalue weighted by Crippen LogP contribution is 2.34. The molecule has 0 bridgehead atoms. The van der Waals surface area contributed by atoms with E-state index in [4.69, 9.17) is 15.0 Å². The normalized spacial score (nSPS) is 14.1. The molecule has 0 spiro atoms. The third-order valence-corrected chi connectivity index (χ3v) is 3.13. The van der Waals surface area contributed by atoms with Gasteiger partial charge in [-0.1, -0.05) is 5.16 Å². The molecule has 1 aromatic carbocycles. The Balaban J connectivity index is 1.96. The number of carbonyl (C=O) groups excluding carboxylic acids is 1. The van der Waals surface area contributed by atoms with Crippen LogP contribution < -0.4 is 15.4 Å². The van der Waals surface area contributed by atoms with Crippen LogP contribution in [0.4, 0.5) is 5.69 Å². The zero-order valence-corrected chi connectivity index (χ0v) is 11.0. The van der Waals surface area contributed by atoms with Gasteiger partial charge in [-0.15, -0.1) is 0 Å². The third kappa shape index (κ3) is 2.12. The molecule has 0 atom stereocenters. The van der Waals surface area contributed by atoms with Crippen molar-refractivity contribution in [1.82, 2.24) is 10.1 Å². The molecule has 7 heteroatoms. The fourth-order valence-corrected chi connectivity index (χ4v) is 2.01. The maximum Gasteiger partial charge on any atom is 0.264 e. The van der Waals surface area contributed by atoms with Gasteiger partial charge in [-0.25, -0.2) is 0 Å². The fraction of sp³-hybridized carbons (Fsp3) is 0.308. The van der Waals surface area contributed by atoms with Crippen molar-refractivity contribution in [2.75, 3.05) is 25.1 Å². The molecule has 0 radical (unpaired) electrons. The smallest absolute Gasteiger partial charge is 0.264 e. The van der Waals surface area contributed by atoms with E-state index in [0.717, 1.165) is 5.56 Å². The first-order chi connectivity index (χ1) is 9.69. The Labute approximate surface area is 115 Å². The average molecular weight is 274 g/mol. The van der Waals surface area contributed by atoms with E-state index in [1.165, 1.54) is 0 Å². The van der Waals surface area contributed by atoms with Crippen LogP contribution in [-0.2, 0) is 11.2 Å². The van der Waals surface area contributed by atoms with E-state index in [9.17, 15) is 4.79 Å². The number of rotatable bonds is 3. The molecule has 2 heterocycles. The van der Waals surface area contributed by atoms with Gasteiger partial charge < -0.3 is 19.9 Å². The Kier molecular flexibility index (Phi) is 3.11. The summed E-state index contributed by atoms with van der Waals surface area (Å²) in [5.41, 5.74) is 6.91. The fourth-order valence-electron chi connectivity index (χ4n) is 2.01. The quantitative estimate of drug-likeness (QED) is 0.880. The number of nitrogens with two attached hydrogens (primary N) is 1. The first-order valence-electron chi connectivity index (χ1n) is 6.25. The van der Waals surface area contributed by atoms with Crippen LogP contribution in [0.25, 0.3) is 11.4 Å². The summed E-state index contributed by atoms with van der Waals surface area (Å²) in [6.45, 7) is 0.516. The highest BCUT2D eigenvalue weighted by molar-refractivity contribution is 5.98. The summed E-state index contributed by atoms with van der Waals surface area (Å²) in [6, 6.07) is 5.44. The second-order valence-electron chi connectivity index (χ2n) is 4.47. The monoisotopic (exact) mass is 274 g/mol. The first-order valence-corrected chi connectivity index (χ1v) is 6.25. The van der Waals surface area contributed by atoms with Gasteiger partial charge in [0.25, 0.3) is 5.91 Å². The number of likely N-dealkylation sites (N-methyl/N-ethyl adjacent to an activating group) is 1. The second-order valence-corrected chi connectivity index (χ2v) is 4.47. The van der Waals surface area contributed by atoms with Crippen molar-refractivity contribution in [3.63, 3.8) is 0 Å². The first kappa shape index (κ1) is 12.6. The highest BCUT2D eigenvalue weighted by Gasteiger charge is 2.23. The molecule has 20 heavy (non-hydrogen) atoms. The lowest BCUT2D eigenvalue weighted by atomic mass is 10.1. The molecule has 1 aromatic heterocycles. The molecule has 7 nitrogen and oxygen atoms in total. The predicted molar refractivity (Wildman–Crippen MR) is 71.4 cm³/mol. The molecule has 0 aliphatic carbocycles. The number of nitrogens with zero attached hydrogens (tertiary/aromatic N) is 3. The van der Waals surface area contributed by atoms with Crippen molar-refractivity contribution in [2.45, 2.75) is 6.42 Å². The molecular formula is C13H14N4O3. The van der Waals surface area contributed by atoms with Crippen molar-refractivity contribution >= 4 is 11.6 Å². The molecule has 0 saturated heterocycles. The summed E-state index contributed by atoms with van der Waals surface area (Å²) in [5, 5.41) is 3.91. The summed E-state index contributed by atoms with van der Waals surface area (Å²) in [6.07, 6.45) is 0.541. The molecule has 0 unspecified atom stereocenters. The van der Waals surface area contributed by atoms with Crippen LogP contribution in [0.15, 0.2) is 22.7 Å². The molecule has 1 aliphatic rings. The number of benzene rings is 1. The van der Waals surface area contributed by atoms with Crippen LogP contribution in [-0.4, -0.2) is 36.2 Å². The van der Waals surface area contributed by atoms with Crippen LogP contribution in [0.2, 0.25) is 0 Å². The molecule has 1 amide bonds. The molecule has 3 rings (SSSR count). The van der Waals surface area contributed by atoms with Crippen LogP contribution in [0.5, 0.6) is 5.75 Å². The maximum atomic E-state index is 11.6. The summed E-state index contributed by atoms with van der Waals surface area (Å²) in [7, 11) is 1.71. The Morgan fingerprint density at radius 3 is 3.10 bits per heavy atom. The number of amides is 1. The van der Waals surface area contributed by atoms with Crippen LogP contribution in [0.3, 0.4) is 0 Å². The van der Waals surface area contributed by atoms with E-state index in [-0.39, 0.29) is 12.5 Å². The van der Waals surface area contributed by atoms with Gasteiger partial charge >= 0.3 is 0 Å². The molecular weight excluding hydrogens is 260 g/mol. The molecule has 0 saturated carbocycles. The summed E-state index contributed by atoms with van der Waals surface area (Å²) in [5.74, 6) is 1.55. The minimum absolute atomic E-state index is 0.0612. The largest absolute Gasteiger partial charge is 0.482 e. The van der Waals surface area contributed by atoms with E-state index in [2.05, 4.69) is 10.1 Å². The molecule has 0 fully saturated rings. The lowest BCUT2D eigenvalue weighted by Crippen LogP contribution is -2.35. The second kappa shape index (κ2) is 4.93.